The lowest BCUT2D eigenvalue weighted by Gasteiger charge is -2.15. The van der Waals surface area contributed by atoms with Gasteiger partial charge in [-0.2, -0.15) is 18.4 Å². The zero-order valence-corrected chi connectivity index (χ0v) is 7.86. The Morgan fingerprint density at radius 3 is 2.06 bits per heavy atom. The highest BCUT2D eigenvalue weighted by molar-refractivity contribution is 5.44. The van der Waals surface area contributed by atoms with Crippen LogP contribution in [0.4, 0.5) is 26.3 Å². The smallest absolute Gasteiger partial charge is 0.405 e. The summed E-state index contributed by atoms with van der Waals surface area (Å²) in [7, 11) is 0. The van der Waals surface area contributed by atoms with E-state index in [0.29, 0.717) is 12.1 Å². The van der Waals surface area contributed by atoms with E-state index in [9.17, 15) is 26.3 Å². The lowest BCUT2D eigenvalue weighted by molar-refractivity contribution is -0.276. The number of rotatable bonds is 1. The van der Waals surface area contributed by atoms with E-state index in [1.54, 1.807) is 0 Å². The number of nitriles is 1. The molecule has 8 heteroatoms. The second-order valence-electron chi connectivity index (χ2n) is 2.87. The van der Waals surface area contributed by atoms with Crippen molar-refractivity contribution in [3.05, 3.63) is 29.3 Å². The molecule has 0 saturated carbocycles. The summed E-state index contributed by atoms with van der Waals surface area (Å²) >= 11 is 0. The monoisotopic (exact) mass is 255 g/mol. The van der Waals surface area contributed by atoms with E-state index in [1.807, 2.05) is 0 Å². The van der Waals surface area contributed by atoms with Crippen molar-refractivity contribution in [2.75, 3.05) is 0 Å². The van der Waals surface area contributed by atoms with Gasteiger partial charge < -0.3 is 4.74 Å². The Labute approximate surface area is 91.0 Å². The highest BCUT2D eigenvalue weighted by Gasteiger charge is 2.39. The number of nitrogens with zero attached hydrogens (tertiary/aromatic N) is 1. The number of hydrogen-bond donors (Lipinski definition) is 0. The number of ether oxygens (including phenoxy) is 1. The van der Waals surface area contributed by atoms with Crippen LogP contribution in [0, 0.1) is 11.3 Å². The van der Waals surface area contributed by atoms with Crippen molar-refractivity contribution >= 4 is 0 Å². The van der Waals surface area contributed by atoms with Gasteiger partial charge in [0.1, 0.15) is 5.75 Å². The minimum Gasteiger partial charge on any atom is -0.405 e. The zero-order chi connectivity index (χ0) is 13.3. The van der Waals surface area contributed by atoms with Gasteiger partial charge in [0.2, 0.25) is 0 Å². The molecule has 1 rings (SSSR count). The van der Waals surface area contributed by atoms with Gasteiger partial charge in [0, 0.05) is 0 Å². The van der Waals surface area contributed by atoms with Crippen molar-refractivity contribution in [2.45, 2.75) is 12.5 Å². The zero-order valence-electron chi connectivity index (χ0n) is 7.86. The van der Waals surface area contributed by atoms with Gasteiger partial charge in [0.15, 0.2) is 0 Å². The maximum atomic E-state index is 12.3. The van der Waals surface area contributed by atoms with E-state index in [1.165, 1.54) is 6.07 Å². The summed E-state index contributed by atoms with van der Waals surface area (Å²) in [5.41, 5.74) is -1.95. The van der Waals surface area contributed by atoms with E-state index in [0.717, 1.165) is 6.07 Å². The minimum absolute atomic E-state index is 0.361. The van der Waals surface area contributed by atoms with Crippen molar-refractivity contribution in [1.29, 1.82) is 5.26 Å². The number of benzene rings is 1. The maximum absolute atomic E-state index is 12.3. The fourth-order valence-corrected chi connectivity index (χ4v) is 1.04. The fourth-order valence-electron chi connectivity index (χ4n) is 1.04. The van der Waals surface area contributed by atoms with Gasteiger partial charge in [-0.1, -0.05) is 0 Å². The largest absolute Gasteiger partial charge is 0.573 e. The first kappa shape index (κ1) is 13.2. The van der Waals surface area contributed by atoms with Crippen LogP contribution in [0.15, 0.2) is 18.2 Å². The van der Waals surface area contributed by atoms with Gasteiger partial charge in [0.25, 0.3) is 0 Å². The van der Waals surface area contributed by atoms with E-state index in [-0.39, 0.29) is 5.56 Å². The Morgan fingerprint density at radius 1 is 1.06 bits per heavy atom. The van der Waals surface area contributed by atoms with Crippen LogP contribution in [0.3, 0.4) is 0 Å². The molecule has 0 N–H and O–H groups in total. The summed E-state index contributed by atoms with van der Waals surface area (Å²) in [6.45, 7) is 0. The van der Waals surface area contributed by atoms with Gasteiger partial charge >= 0.3 is 12.5 Å². The number of alkyl halides is 6. The first-order valence-corrected chi connectivity index (χ1v) is 4.00. The molecule has 0 heterocycles. The Hall–Kier alpha value is -1.91. The van der Waals surface area contributed by atoms with E-state index in [2.05, 4.69) is 4.74 Å². The van der Waals surface area contributed by atoms with Crippen LogP contribution in [0.5, 0.6) is 5.75 Å². The van der Waals surface area contributed by atoms with Crippen molar-refractivity contribution in [1.82, 2.24) is 0 Å². The third-order valence-electron chi connectivity index (χ3n) is 1.64. The lowest BCUT2D eigenvalue weighted by atomic mass is 10.1. The average Bonchev–Trinajstić information content (AvgIpc) is 2.13. The van der Waals surface area contributed by atoms with Gasteiger partial charge in [-0.05, 0) is 18.2 Å². The summed E-state index contributed by atoms with van der Waals surface area (Å²) in [5.74, 6) is -1.44. The second-order valence-corrected chi connectivity index (χ2v) is 2.87. The Bertz CT molecular complexity index is 456. The molecule has 0 radical (unpaired) electrons. The molecule has 1 aromatic rings. The summed E-state index contributed by atoms with van der Waals surface area (Å²) < 4.78 is 75.8. The molecule has 0 atom stereocenters. The second kappa shape index (κ2) is 4.16. The SMILES string of the molecule is N#Cc1ccc(C(F)(F)F)c(OC(F)(F)F)c1. The molecule has 0 amide bonds. The molecule has 0 spiro atoms. The van der Waals surface area contributed by atoms with Crippen LogP contribution in [0.1, 0.15) is 11.1 Å². The summed E-state index contributed by atoms with van der Waals surface area (Å²) in [6.07, 6.45) is -10.2. The summed E-state index contributed by atoms with van der Waals surface area (Å²) in [6, 6.07) is 2.92. The molecule has 0 aliphatic carbocycles. The molecular formula is C9H3F6NO. The topological polar surface area (TPSA) is 33.0 Å². The fraction of sp³-hybridized carbons (Fsp3) is 0.222. The molecule has 0 aliphatic heterocycles. The van der Waals surface area contributed by atoms with Crippen LogP contribution < -0.4 is 4.74 Å². The summed E-state index contributed by atoms with van der Waals surface area (Å²) in [5, 5.41) is 8.39. The minimum atomic E-state index is -5.26. The Balaban J connectivity index is 3.28. The van der Waals surface area contributed by atoms with Crippen molar-refractivity contribution in [2.24, 2.45) is 0 Å². The average molecular weight is 255 g/mol. The highest BCUT2D eigenvalue weighted by atomic mass is 19.4. The van der Waals surface area contributed by atoms with E-state index < -0.39 is 23.9 Å². The van der Waals surface area contributed by atoms with Gasteiger partial charge in [0.05, 0.1) is 17.2 Å². The molecule has 1 aromatic carbocycles. The standard InChI is InChI=1S/C9H3F6NO/c10-8(11,12)6-2-1-5(4-16)3-7(6)17-9(13,14)15/h1-3H. The first-order chi connectivity index (χ1) is 7.63. The molecule has 92 valence electrons. The first-order valence-electron chi connectivity index (χ1n) is 4.00. The Kier molecular flexibility index (Phi) is 3.22. The molecule has 0 unspecified atom stereocenters. The van der Waals surface area contributed by atoms with Gasteiger partial charge in [-0.3, -0.25) is 0 Å². The molecule has 0 saturated heterocycles. The molecule has 0 aliphatic rings. The van der Waals surface area contributed by atoms with Crippen molar-refractivity contribution in [3.8, 4) is 11.8 Å². The van der Waals surface area contributed by atoms with Crippen molar-refractivity contribution < 1.29 is 31.1 Å². The van der Waals surface area contributed by atoms with Crippen molar-refractivity contribution in [3.63, 3.8) is 0 Å². The number of hydrogen-bond acceptors (Lipinski definition) is 2. The number of halogens is 6. The van der Waals surface area contributed by atoms with Crippen LogP contribution >= 0.6 is 0 Å². The van der Waals surface area contributed by atoms with E-state index >= 15 is 0 Å². The normalized spacial score (nSPS) is 12.1. The molecule has 17 heavy (non-hydrogen) atoms. The highest BCUT2D eigenvalue weighted by Crippen LogP contribution is 2.38. The van der Waals surface area contributed by atoms with Gasteiger partial charge in [-0.25, -0.2) is 0 Å². The molecule has 2 nitrogen and oxygen atoms in total. The van der Waals surface area contributed by atoms with Gasteiger partial charge in [-0.15, -0.1) is 13.2 Å². The molecular weight excluding hydrogens is 252 g/mol. The summed E-state index contributed by atoms with van der Waals surface area (Å²) in [4.78, 5) is 0. The van der Waals surface area contributed by atoms with E-state index in [4.69, 9.17) is 5.26 Å². The molecule has 0 fully saturated rings. The quantitative estimate of drug-likeness (QED) is 0.720. The van der Waals surface area contributed by atoms with Crippen LogP contribution in [-0.2, 0) is 6.18 Å². The van der Waals surface area contributed by atoms with Crippen LogP contribution in [0.25, 0.3) is 0 Å². The third kappa shape index (κ3) is 3.55. The molecule has 0 aromatic heterocycles. The predicted octanol–water partition coefficient (Wildman–Crippen LogP) is 3.48. The van der Waals surface area contributed by atoms with Crippen LogP contribution in [0.2, 0.25) is 0 Å². The molecule has 0 bridgehead atoms. The van der Waals surface area contributed by atoms with Crippen LogP contribution in [-0.4, -0.2) is 6.36 Å². The Morgan fingerprint density at radius 2 is 1.65 bits per heavy atom. The lowest BCUT2D eigenvalue weighted by Crippen LogP contribution is -2.20. The maximum Gasteiger partial charge on any atom is 0.573 e. The predicted molar refractivity (Wildman–Crippen MR) is 42.8 cm³/mol. The third-order valence-corrected chi connectivity index (χ3v) is 1.64.